The van der Waals surface area contributed by atoms with E-state index in [9.17, 15) is 30.0 Å². The maximum absolute atomic E-state index is 13.1. The van der Waals surface area contributed by atoms with Gasteiger partial charge in [0.15, 0.2) is 23.7 Å². The quantitative estimate of drug-likeness (QED) is 0.322. The summed E-state index contributed by atoms with van der Waals surface area (Å²) in [6.07, 6.45) is -5.55. The minimum Gasteiger partial charge on any atom is -0.461 e. The third-order valence-electron chi connectivity index (χ3n) is 7.20. The molecule has 3 aromatic rings. The number of cyclic esters (lactones) is 1. The normalized spacial score (nSPS) is 23.2. The van der Waals surface area contributed by atoms with E-state index in [1.165, 1.54) is 0 Å². The van der Waals surface area contributed by atoms with Gasteiger partial charge in [-0.1, -0.05) is 6.07 Å². The molecule has 0 amide bonds. The topological polar surface area (TPSA) is 170 Å². The molecule has 3 aliphatic heterocycles. The number of carbonyl (C=O) groups is 2. The summed E-state index contributed by atoms with van der Waals surface area (Å²) < 4.78 is 33.2. The Morgan fingerprint density at radius 2 is 1.70 bits per heavy atom. The standard InChI is InChI=1S/C28H26O12/c1-12(31)39-26-19(32)10-36-28(24(26)33)40-25-17-5-15(8-30)14(7-29)4-16(17)22(23-18(25)9-35-27(23)34)13-2-3-20-21(6-13)38-11-37-20/h2-6,19,24,26,28-30,32-33H,7-11H2,1H3. The highest BCUT2D eigenvalue weighted by Crippen LogP contribution is 2.48. The Labute approximate surface area is 227 Å². The van der Waals surface area contributed by atoms with Crippen molar-refractivity contribution < 1.29 is 58.4 Å². The van der Waals surface area contributed by atoms with Crippen molar-refractivity contribution in [2.45, 2.75) is 51.3 Å². The van der Waals surface area contributed by atoms with E-state index >= 15 is 0 Å². The van der Waals surface area contributed by atoms with E-state index in [4.69, 9.17) is 28.4 Å². The summed E-state index contributed by atoms with van der Waals surface area (Å²) in [6, 6.07) is 8.52. The van der Waals surface area contributed by atoms with Gasteiger partial charge in [0.1, 0.15) is 18.5 Å². The van der Waals surface area contributed by atoms with Crippen molar-refractivity contribution in [2.75, 3.05) is 13.4 Å². The zero-order chi connectivity index (χ0) is 28.1. The van der Waals surface area contributed by atoms with Crippen molar-refractivity contribution in [1.29, 1.82) is 0 Å². The maximum Gasteiger partial charge on any atom is 0.339 e. The van der Waals surface area contributed by atoms with Gasteiger partial charge in [-0.05, 0) is 46.3 Å². The summed E-state index contributed by atoms with van der Waals surface area (Å²) in [5.41, 5.74) is 2.54. The van der Waals surface area contributed by atoms with Gasteiger partial charge in [0.05, 0.1) is 25.4 Å². The molecule has 12 nitrogen and oxygen atoms in total. The van der Waals surface area contributed by atoms with Crippen LogP contribution in [0.1, 0.15) is 34.0 Å². The second kappa shape index (κ2) is 10.2. The van der Waals surface area contributed by atoms with Gasteiger partial charge in [-0.2, -0.15) is 0 Å². The number of rotatable bonds is 6. The van der Waals surface area contributed by atoms with Gasteiger partial charge in [-0.15, -0.1) is 0 Å². The zero-order valence-corrected chi connectivity index (χ0v) is 21.3. The molecule has 40 heavy (non-hydrogen) atoms. The van der Waals surface area contributed by atoms with Crippen LogP contribution in [0.2, 0.25) is 0 Å². The highest BCUT2D eigenvalue weighted by molar-refractivity contribution is 6.13. The fraction of sp³-hybridized carbons (Fsp3) is 0.357. The van der Waals surface area contributed by atoms with Crippen molar-refractivity contribution in [2.24, 2.45) is 0 Å². The fourth-order valence-corrected chi connectivity index (χ4v) is 5.33. The summed E-state index contributed by atoms with van der Waals surface area (Å²) in [4.78, 5) is 24.7. The van der Waals surface area contributed by atoms with E-state index in [-0.39, 0.29) is 44.5 Å². The van der Waals surface area contributed by atoms with Crippen LogP contribution in [0, 0.1) is 0 Å². The second-order valence-corrected chi connectivity index (χ2v) is 9.64. The van der Waals surface area contributed by atoms with Gasteiger partial charge < -0.3 is 48.8 Å². The maximum atomic E-state index is 13.1. The predicted octanol–water partition coefficient (Wildman–Crippen LogP) is 1.28. The zero-order valence-electron chi connectivity index (χ0n) is 21.3. The average Bonchev–Trinajstić information content (AvgIpc) is 3.57. The molecule has 3 heterocycles. The van der Waals surface area contributed by atoms with Gasteiger partial charge in [-0.25, -0.2) is 4.79 Å². The number of benzene rings is 3. The van der Waals surface area contributed by atoms with Crippen molar-refractivity contribution in [3.8, 4) is 28.4 Å². The Kier molecular flexibility index (Phi) is 6.72. The average molecular weight is 555 g/mol. The summed E-state index contributed by atoms with van der Waals surface area (Å²) in [7, 11) is 0. The van der Waals surface area contributed by atoms with Gasteiger partial charge >= 0.3 is 11.9 Å². The minimum atomic E-state index is -1.57. The van der Waals surface area contributed by atoms with E-state index in [0.29, 0.717) is 50.1 Å². The summed E-state index contributed by atoms with van der Waals surface area (Å²) in [5.74, 6) is -0.120. The lowest BCUT2D eigenvalue weighted by Gasteiger charge is -2.37. The van der Waals surface area contributed by atoms with Crippen LogP contribution in [-0.4, -0.2) is 70.4 Å². The number of carbonyl (C=O) groups excluding carboxylic acids is 2. The van der Waals surface area contributed by atoms with E-state index in [0.717, 1.165) is 6.92 Å². The van der Waals surface area contributed by atoms with Crippen LogP contribution < -0.4 is 14.2 Å². The molecule has 210 valence electrons. The number of aliphatic hydroxyl groups is 4. The molecule has 0 spiro atoms. The van der Waals surface area contributed by atoms with E-state index < -0.39 is 36.5 Å². The van der Waals surface area contributed by atoms with Crippen molar-refractivity contribution >= 4 is 22.7 Å². The Bertz CT molecular complexity index is 1520. The number of hydrogen-bond donors (Lipinski definition) is 4. The van der Waals surface area contributed by atoms with Crippen molar-refractivity contribution in [3.63, 3.8) is 0 Å². The molecular weight excluding hydrogens is 528 g/mol. The monoisotopic (exact) mass is 554 g/mol. The van der Waals surface area contributed by atoms with Crippen LogP contribution in [0.4, 0.5) is 0 Å². The molecule has 3 aromatic carbocycles. The minimum absolute atomic E-state index is 0.0632. The first-order chi connectivity index (χ1) is 19.3. The molecule has 4 atom stereocenters. The van der Waals surface area contributed by atoms with E-state index in [1.54, 1.807) is 30.3 Å². The molecule has 0 radical (unpaired) electrons. The molecule has 0 bridgehead atoms. The third-order valence-corrected chi connectivity index (χ3v) is 7.20. The van der Waals surface area contributed by atoms with Crippen LogP contribution in [0.5, 0.6) is 17.2 Å². The number of esters is 2. The highest BCUT2D eigenvalue weighted by Gasteiger charge is 2.44. The van der Waals surface area contributed by atoms with E-state index in [2.05, 4.69) is 0 Å². The van der Waals surface area contributed by atoms with Crippen LogP contribution >= 0.6 is 0 Å². The van der Waals surface area contributed by atoms with Crippen LogP contribution in [0.3, 0.4) is 0 Å². The molecule has 0 aromatic heterocycles. The van der Waals surface area contributed by atoms with Gasteiger partial charge in [0.25, 0.3) is 0 Å². The molecular formula is C28H26O12. The Morgan fingerprint density at radius 1 is 0.975 bits per heavy atom. The molecule has 1 fully saturated rings. The van der Waals surface area contributed by atoms with E-state index in [1.807, 2.05) is 0 Å². The molecule has 0 saturated carbocycles. The third kappa shape index (κ3) is 4.30. The van der Waals surface area contributed by atoms with Gasteiger partial charge in [-0.3, -0.25) is 4.79 Å². The molecule has 4 unspecified atom stereocenters. The molecule has 1 saturated heterocycles. The second-order valence-electron chi connectivity index (χ2n) is 9.64. The van der Waals surface area contributed by atoms with Crippen LogP contribution in [0.15, 0.2) is 30.3 Å². The van der Waals surface area contributed by atoms with Crippen LogP contribution in [0.25, 0.3) is 21.9 Å². The smallest absolute Gasteiger partial charge is 0.339 e. The van der Waals surface area contributed by atoms with Gasteiger partial charge in [0.2, 0.25) is 13.1 Å². The van der Waals surface area contributed by atoms with Gasteiger partial charge in [0, 0.05) is 23.4 Å². The lowest BCUT2D eigenvalue weighted by Crippen LogP contribution is -2.56. The largest absolute Gasteiger partial charge is 0.461 e. The lowest BCUT2D eigenvalue weighted by molar-refractivity contribution is -0.248. The summed E-state index contributed by atoms with van der Waals surface area (Å²) >= 11 is 0. The number of ether oxygens (including phenoxy) is 6. The molecule has 0 aliphatic carbocycles. The molecule has 12 heteroatoms. The molecule has 3 aliphatic rings. The first-order valence-corrected chi connectivity index (χ1v) is 12.6. The van der Waals surface area contributed by atoms with Crippen molar-refractivity contribution in [1.82, 2.24) is 0 Å². The first kappa shape index (κ1) is 26.3. The Balaban J connectivity index is 1.56. The predicted molar refractivity (Wildman–Crippen MR) is 134 cm³/mol. The highest BCUT2D eigenvalue weighted by atomic mass is 16.7. The van der Waals surface area contributed by atoms with Crippen molar-refractivity contribution in [3.05, 3.63) is 52.6 Å². The first-order valence-electron chi connectivity index (χ1n) is 12.6. The van der Waals surface area contributed by atoms with Crippen LogP contribution in [-0.2, 0) is 38.8 Å². The summed E-state index contributed by atoms with van der Waals surface area (Å²) in [6.45, 7) is 0.00980. The SMILES string of the molecule is CC(=O)OC1C(O)COC(Oc2c3c(c(-c4ccc5c(c4)OCO5)c4cc(CO)c(CO)cc24)C(=O)OC3)C1O. The Hall–Kier alpha value is -3.94. The lowest BCUT2D eigenvalue weighted by atomic mass is 9.87. The summed E-state index contributed by atoms with van der Waals surface area (Å²) in [5, 5.41) is 42.2. The molecule has 6 rings (SSSR count). The number of aliphatic hydroxyl groups excluding tert-OH is 4. The number of fused-ring (bicyclic) bond motifs is 3. The molecule has 4 N–H and O–H groups in total. The Morgan fingerprint density at radius 3 is 2.42 bits per heavy atom. The number of hydrogen-bond acceptors (Lipinski definition) is 12. The fourth-order valence-electron chi connectivity index (χ4n) is 5.33.